The summed E-state index contributed by atoms with van der Waals surface area (Å²) in [4.78, 5) is 12.3. The Bertz CT molecular complexity index is 858. The number of morpholine rings is 1. The quantitative estimate of drug-likeness (QED) is 0.788. The fraction of sp³-hybridized carbons (Fsp3) is 0.333. The summed E-state index contributed by atoms with van der Waals surface area (Å²) in [5.74, 6) is -0.178. The molecule has 0 bridgehead atoms. The van der Waals surface area contributed by atoms with Crippen molar-refractivity contribution in [3.8, 4) is 0 Å². The molecule has 0 atom stereocenters. The molecule has 1 aliphatic heterocycles. The normalized spacial score (nSPS) is 15.6. The predicted octanol–water partition coefficient (Wildman–Crippen LogP) is 0.942. The molecule has 26 heavy (non-hydrogen) atoms. The molecule has 0 saturated carbocycles. The first-order valence-corrected chi connectivity index (χ1v) is 9.83. The maximum Gasteiger partial charge on any atom is 0.290 e. The average molecular weight is 376 g/mol. The number of ether oxygens (including phenoxy) is 1. The van der Waals surface area contributed by atoms with E-state index in [1.807, 2.05) is 31.5 Å². The number of anilines is 1. The molecule has 2 aromatic rings. The summed E-state index contributed by atoms with van der Waals surface area (Å²) in [5, 5.41) is 2.78. The lowest BCUT2D eigenvalue weighted by molar-refractivity contribution is -0.684. The van der Waals surface area contributed by atoms with E-state index in [9.17, 15) is 13.2 Å². The standard InChI is InChI=1S/C18H21N3O4S/c1-15-6-8-20(9-7-15)14-18(22)19-16-2-4-17(5-3-16)26(23,24)21-10-12-25-13-11-21/h2-9H,10-14H2,1H3/p+1. The zero-order chi connectivity index (χ0) is 18.6. The van der Waals surface area contributed by atoms with E-state index in [0.717, 1.165) is 5.56 Å². The molecule has 1 saturated heterocycles. The zero-order valence-corrected chi connectivity index (χ0v) is 15.4. The van der Waals surface area contributed by atoms with E-state index in [1.54, 1.807) is 16.7 Å². The summed E-state index contributed by atoms with van der Waals surface area (Å²) >= 11 is 0. The lowest BCUT2D eigenvalue weighted by Gasteiger charge is -2.26. The van der Waals surface area contributed by atoms with Crippen molar-refractivity contribution in [1.29, 1.82) is 0 Å². The third-order valence-corrected chi connectivity index (χ3v) is 6.04. The van der Waals surface area contributed by atoms with Gasteiger partial charge in [-0.25, -0.2) is 8.42 Å². The molecule has 7 nitrogen and oxygen atoms in total. The minimum Gasteiger partial charge on any atom is -0.379 e. The zero-order valence-electron chi connectivity index (χ0n) is 14.6. The molecule has 0 unspecified atom stereocenters. The van der Waals surface area contributed by atoms with E-state index >= 15 is 0 Å². The first-order chi connectivity index (χ1) is 12.4. The summed E-state index contributed by atoms with van der Waals surface area (Å²) < 4.78 is 33.5. The minimum absolute atomic E-state index is 0.178. The van der Waals surface area contributed by atoms with E-state index in [4.69, 9.17) is 4.74 Å². The van der Waals surface area contributed by atoms with Crippen LogP contribution in [0.3, 0.4) is 0 Å². The lowest BCUT2D eigenvalue weighted by Crippen LogP contribution is -2.40. The van der Waals surface area contributed by atoms with Crippen molar-refractivity contribution in [1.82, 2.24) is 4.31 Å². The summed E-state index contributed by atoms with van der Waals surface area (Å²) in [7, 11) is -3.52. The number of pyridine rings is 1. The summed E-state index contributed by atoms with van der Waals surface area (Å²) in [6.07, 6.45) is 3.68. The Morgan fingerprint density at radius 1 is 1.12 bits per heavy atom. The third kappa shape index (κ3) is 4.46. The van der Waals surface area contributed by atoms with Crippen molar-refractivity contribution < 1.29 is 22.5 Å². The molecule has 138 valence electrons. The number of nitrogens with one attached hydrogen (secondary N) is 1. The van der Waals surface area contributed by atoms with Crippen LogP contribution in [0.25, 0.3) is 0 Å². The van der Waals surface area contributed by atoms with E-state index in [1.165, 1.54) is 16.4 Å². The number of rotatable bonds is 5. The van der Waals surface area contributed by atoms with Crippen molar-refractivity contribution in [2.75, 3.05) is 31.6 Å². The molecule has 3 rings (SSSR count). The fourth-order valence-electron chi connectivity index (χ4n) is 2.65. The molecular formula is C18H22N3O4S+. The van der Waals surface area contributed by atoms with Crippen LogP contribution in [-0.2, 0) is 26.1 Å². The SMILES string of the molecule is Cc1cc[n+](CC(=O)Nc2ccc(S(=O)(=O)N3CCOCC3)cc2)cc1. The van der Waals surface area contributed by atoms with Crippen LogP contribution in [-0.4, -0.2) is 44.9 Å². The molecular weight excluding hydrogens is 354 g/mol. The first-order valence-electron chi connectivity index (χ1n) is 8.39. The van der Waals surface area contributed by atoms with E-state index in [0.29, 0.717) is 32.0 Å². The predicted molar refractivity (Wildman–Crippen MR) is 96.0 cm³/mol. The number of carbonyl (C=O) groups is 1. The third-order valence-electron chi connectivity index (χ3n) is 4.13. The van der Waals surface area contributed by atoms with Crippen LogP contribution < -0.4 is 9.88 Å². The number of benzene rings is 1. The number of carbonyl (C=O) groups excluding carboxylic acids is 1. The van der Waals surface area contributed by atoms with Crippen LogP contribution in [0.1, 0.15) is 5.56 Å². The molecule has 1 fully saturated rings. The molecule has 0 radical (unpaired) electrons. The van der Waals surface area contributed by atoms with Gasteiger partial charge in [-0.05, 0) is 36.8 Å². The highest BCUT2D eigenvalue weighted by molar-refractivity contribution is 7.89. The van der Waals surface area contributed by atoms with Gasteiger partial charge in [0.25, 0.3) is 5.91 Å². The van der Waals surface area contributed by atoms with E-state index in [-0.39, 0.29) is 17.3 Å². The van der Waals surface area contributed by atoms with Gasteiger partial charge in [0.1, 0.15) is 0 Å². The maximum absolute atomic E-state index is 12.6. The number of amides is 1. The lowest BCUT2D eigenvalue weighted by atomic mass is 10.3. The largest absolute Gasteiger partial charge is 0.379 e. The van der Waals surface area contributed by atoms with Crippen LogP contribution in [0.4, 0.5) is 5.69 Å². The Morgan fingerprint density at radius 2 is 1.73 bits per heavy atom. The highest BCUT2D eigenvalue weighted by atomic mass is 32.2. The number of nitrogens with zero attached hydrogens (tertiary/aromatic N) is 2. The topological polar surface area (TPSA) is 79.6 Å². The van der Waals surface area contributed by atoms with Crippen molar-refractivity contribution in [3.05, 3.63) is 54.4 Å². The van der Waals surface area contributed by atoms with Gasteiger partial charge in [0.2, 0.25) is 16.6 Å². The molecule has 8 heteroatoms. The number of hydrogen-bond donors (Lipinski definition) is 1. The van der Waals surface area contributed by atoms with Gasteiger partial charge in [0.05, 0.1) is 18.1 Å². The highest BCUT2D eigenvalue weighted by Crippen LogP contribution is 2.19. The van der Waals surface area contributed by atoms with Gasteiger partial charge in [-0.2, -0.15) is 8.87 Å². The van der Waals surface area contributed by atoms with E-state index in [2.05, 4.69) is 5.32 Å². The van der Waals surface area contributed by atoms with Gasteiger partial charge in [-0.15, -0.1) is 0 Å². The Morgan fingerprint density at radius 3 is 2.35 bits per heavy atom. The fourth-order valence-corrected chi connectivity index (χ4v) is 4.06. The summed E-state index contributed by atoms with van der Waals surface area (Å²) in [6, 6.07) is 10.1. The number of hydrogen-bond acceptors (Lipinski definition) is 4. The second kappa shape index (κ2) is 7.94. The number of sulfonamides is 1. The van der Waals surface area contributed by atoms with Gasteiger partial charge in [-0.3, -0.25) is 4.79 Å². The van der Waals surface area contributed by atoms with Gasteiger partial charge in [-0.1, -0.05) is 0 Å². The van der Waals surface area contributed by atoms with Crippen LogP contribution in [0, 0.1) is 6.92 Å². The number of aryl methyl sites for hydroxylation is 1. The van der Waals surface area contributed by atoms with Crippen LogP contribution >= 0.6 is 0 Å². The summed E-state index contributed by atoms with van der Waals surface area (Å²) in [6.45, 7) is 3.70. The van der Waals surface area contributed by atoms with Crippen LogP contribution in [0.5, 0.6) is 0 Å². The van der Waals surface area contributed by atoms with Crippen molar-refractivity contribution in [2.24, 2.45) is 0 Å². The van der Waals surface area contributed by atoms with Gasteiger partial charge >= 0.3 is 0 Å². The van der Waals surface area contributed by atoms with E-state index < -0.39 is 10.0 Å². The molecule has 0 spiro atoms. The van der Waals surface area contributed by atoms with Gasteiger partial charge in [0, 0.05) is 30.9 Å². The Kier molecular flexibility index (Phi) is 5.65. The molecule has 1 aliphatic rings. The molecule has 1 amide bonds. The molecule has 1 N–H and O–H groups in total. The van der Waals surface area contributed by atoms with Gasteiger partial charge < -0.3 is 10.1 Å². The highest BCUT2D eigenvalue weighted by Gasteiger charge is 2.26. The Hall–Kier alpha value is -2.29. The average Bonchev–Trinajstić information content (AvgIpc) is 2.65. The second-order valence-corrected chi connectivity index (χ2v) is 8.07. The van der Waals surface area contributed by atoms with Crippen molar-refractivity contribution >= 4 is 21.6 Å². The number of aromatic nitrogens is 1. The Labute approximate surface area is 153 Å². The summed E-state index contributed by atoms with van der Waals surface area (Å²) in [5.41, 5.74) is 1.68. The smallest absolute Gasteiger partial charge is 0.290 e. The Balaban J connectivity index is 1.63. The maximum atomic E-state index is 12.6. The molecule has 0 aliphatic carbocycles. The molecule has 1 aromatic heterocycles. The van der Waals surface area contributed by atoms with Crippen molar-refractivity contribution in [2.45, 2.75) is 18.4 Å². The van der Waals surface area contributed by atoms with Crippen LogP contribution in [0.15, 0.2) is 53.7 Å². The second-order valence-electron chi connectivity index (χ2n) is 6.14. The minimum atomic E-state index is -3.52. The monoisotopic (exact) mass is 376 g/mol. The first kappa shape index (κ1) is 18.5. The molecule has 1 aromatic carbocycles. The van der Waals surface area contributed by atoms with Crippen molar-refractivity contribution in [3.63, 3.8) is 0 Å². The van der Waals surface area contributed by atoms with Gasteiger partial charge in [0.15, 0.2) is 12.4 Å². The molecule has 2 heterocycles. The van der Waals surface area contributed by atoms with Crippen LogP contribution in [0.2, 0.25) is 0 Å².